The van der Waals surface area contributed by atoms with Crippen LogP contribution in [-0.2, 0) is 9.47 Å². The largest absolute Gasteiger partial charge is 0.377 e. The predicted octanol–water partition coefficient (Wildman–Crippen LogP) is 1.51. The molecule has 3 atom stereocenters. The number of hydrogen-bond acceptors (Lipinski definition) is 7. The van der Waals surface area contributed by atoms with Crippen molar-refractivity contribution in [2.24, 2.45) is 0 Å². The quantitative estimate of drug-likeness (QED) is 0.809. The first kappa shape index (κ1) is 15.4. The highest BCUT2D eigenvalue weighted by molar-refractivity contribution is 6.28. The van der Waals surface area contributed by atoms with Gasteiger partial charge in [-0.25, -0.2) is 0 Å². The molecule has 0 aromatic carbocycles. The molecule has 2 unspecified atom stereocenters. The second-order valence-corrected chi connectivity index (χ2v) is 6.85. The summed E-state index contributed by atoms with van der Waals surface area (Å²) < 4.78 is 11.4. The Morgan fingerprint density at radius 1 is 1.09 bits per heavy atom. The SMILES string of the molecule is C[C@H]1COCCN1c1nc(Cl)nc(N2CC3CCCC2CO3)n1. The summed E-state index contributed by atoms with van der Waals surface area (Å²) in [7, 11) is 0. The maximum absolute atomic E-state index is 6.20. The zero-order chi connectivity index (χ0) is 15.8. The Bertz CT molecular complexity index is 571. The first-order chi connectivity index (χ1) is 11.2. The van der Waals surface area contributed by atoms with E-state index in [9.17, 15) is 0 Å². The van der Waals surface area contributed by atoms with Crippen molar-refractivity contribution in [3.63, 3.8) is 0 Å². The van der Waals surface area contributed by atoms with E-state index in [-0.39, 0.29) is 17.4 Å². The molecule has 0 radical (unpaired) electrons. The van der Waals surface area contributed by atoms with Gasteiger partial charge in [-0.3, -0.25) is 0 Å². The molecule has 0 aliphatic carbocycles. The van der Waals surface area contributed by atoms with Crippen LogP contribution in [0.3, 0.4) is 0 Å². The van der Waals surface area contributed by atoms with E-state index in [1.165, 1.54) is 6.42 Å². The van der Waals surface area contributed by atoms with Crippen LogP contribution in [0.5, 0.6) is 0 Å². The van der Waals surface area contributed by atoms with E-state index in [0.717, 1.165) is 32.5 Å². The Hall–Kier alpha value is -1.18. The summed E-state index contributed by atoms with van der Waals surface area (Å²) >= 11 is 6.20. The topological polar surface area (TPSA) is 63.6 Å². The van der Waals surface area contributed by atoms with Gasteiger partial charge in [0.15, 0.2) is 0 Å². The van der Waals surface area contributed by atoms with E-state index in [2.05, 4.69) is 26.7 Å². The molecule has 4 aliphatic heterocycles. The fraction of sp³-hybridized carbons (Fsp3) is 0.800. The minimum absolute atomic E-state index is 0.235. The van der Waals surface area contributed by atoms with E-state index in [1.807, 2.05) is 0 Å². The van der Waals surface area contributed by atoms with Crippen LogP contribution in [0.2, 0.25) is 5.28 Å². The Morgan fingerprint density at radius 2 is 1.91 bits per heavy atom. The molecular weight excluding hydrogens is 318 g/mol. The number of nitrogens with zero attached hydrogens (tertiary/aromatic N) is 5. The van der Waals surface area contributed by atoms with Gasteiger partial charge in [0, 0.05) is 13.1 Å². The number of rotatable bonds is 2. The van der Waals surface area contributed by atoms with Crippen molar-refractivity contribution in [3.8, 4) is 0 Å². The Labute approximate surface area is 141 Å². The Morgan fingerprint density at radius 3 is 2.74 bits per heavy atom. The lowest BCUT2D eigenvalue weighted by Crippen LogP contribution is -2.49. The lowest BCUT2D eigenvalue weighted by Gasteiger charge is -2.37. The van der Waals surface area contributed by atoms with Crippen LogP contribution in [0.4, 0.5) is 11.9 Å². The van der Waals surface area contributed by atoms with Crippen molar-refractivity contribution >= 4 is 23.5 Å². The minimum atomic E-state index is 0.235. The van der Waals surface area contributed by atoms with E-state index in [1.54, 1.807) is 0 Å². The molecule has 5 heterocycles. The van der Waals surface area contributed by atoms with Crippen molar-refractivity contribution in [3.05, 3.63) is 5.28 Å². The monoisotopic (exact) mass is 339 g/mol. The highest BCUT2D eigenvalue weighted by atomic mass is 35.5. The molecule has 126 valence electrons. The molecule has 0 saturated carbocycles. The summed E-state index contributed by atoms with van der Waals surface area (Å²) in [6.45, 7) is 5.83. The van der Waals surface area contributed by atoms with Gasteiger partial charge in [-0.1, -0.05) is 0 Å². The normalized spacial score (nSPS) is 31.3. The number of fused-ring (bicyclic) bond motifs is 4. The highest BCUT2D eigenvalue weighted by Gasteiger charge is 2.34. The van der Waals surface area contributed by atoms with Crippen LogP contribution in [0, 0.1) is 0 Å². The van der Waals surface area contributed by atoms with Crippen molar-refractivity contribution in [1.29, 1.82) is 0 Å². The summed E-state index contributed by atoms with van der Waals surface area (Å²) in [5, 5.41) is 0.254. The van der Waals surface area contributed by atoms with Gasteiger partial charge in [-0.15, -0.1) is 0 Å². The average Bonchev–Trinajstić information content (AvgIpc) is 2.90. The minimum Gasteiger partial charge on any atom is -0.377 e. The summed E-state index contributed by atoms with van der Waals surface area (Å²) in [4.78, 5) is 17.9. The third-order valence-electron chi connectivity index (χ3n) is 4.89. The predicted molar refractivity (Wildman–Crippen MR) is 87.2 cm³/mol. The smallest absolute Gasteiger partial charge is 0.231 e. The lowest BCUT2D eigenvalue weighted by molar-refractivity contribution is 0.0301. The molecule has 8 heteroatoms. The molecule has 2 bridgehead atoms. The second-order valence-electron chi connectivity index (χ2n) is 6.51. The van der Waals surface area contributed by atoms with E-state index in [4.69, 9.17) is 26.1 Å². The zero-order valence-electron chi connectivity index (χ0n) is 13.3. The van der Waals surface area contributed by atoms with Crippen LogP contribution in [0.25, 0.3) is 0 Å². The molecule has 1 aromatic heterocycles. The van der Waals surface area contributed by atoms with Crippen LogP contribution >= 0.6 is 11.6 Å². The van der Waals surface area contributed by atoms with E-state index < -0.39 is 0 Å². The summed E-state index contributed by atoms with van der Waals surface area (Å²) in [6.07, 6.45) is 3.69. The van der Waals surface area contributed by atoms with Gasteiger partial charge >= 0.3 is 0 Å². The van der Waals surface area contributed by atoms with Crippen molar-refractivity contribution in [2.45, 2.75) is 44.4 Å². The number of aromatic nitrogens is 3. The first-order valence-electron chi connectivity index (χ1n) is 8.35. The van der Waals surface area contributed by atoms with Gasteiger partial charge in [-0.2, -0.15) is 15.0 Å². The standard InChI is InChI=1S/C15H22ClN5O2/c1-10-8-22-6-5-20(10)14-17-13(16)18-15(19-14)21-7-12-4-2-3-11(21)9-23-12/h10-12H,2-9H2,1H3/t10-,11?,12?/m0/s1. The van der Waals surface area contributed by atoms with Gasteiger partial charge in [0.1, 0.15) is 0 Å². The molecule has 23 heavy (non-hydrogen) atoms. The Balaban J connectivity index is 1.64. The van der Waals surface area contributed by atoms with Gasteiger partial charge in [0.25, 0.3) is 0 Å². The number of hydrogen-bond donors (Lipinski definition) is 0. The van der Waals surface area contributed by atoms with Crippen LogP contribution in [0.1, 0.15) is 26.2 Å². The molecule has 7 nitrogen and oxygen atoms in total. The molecule has 4 saturated heterocycles. The summed E-state index contributed by atoms with van der Waals surface area (Å²) in [6, 6.07) is 0.571. The van der Waals surface area contributed by atoms with Crippen LogP contribution < -0.4 is 9.80 Å². The molecule has 4 fully saturated rings. The third kappa shape index (κ3) is 3.09. The zero-order valence-corrected chi connectivity index (χ0v) is 14.1. The highest BCUT2D eigenvalue weighted by Crippen LogP contribution is 2.29. The lowest BCUT2D eigenvalue weighted by atomic mass is 10.1. The van der Waals surface area contributed by atoms with Gasteiger partial charge in [-0.05, 0) is 37.8 Å². The fourth-order valence-corrected chi connectivity index (χ4v) is 3.76. The fourth-order valence-electron chi connectivity index (χ4n) is 3.61. The molecule has 4 aliphatic rings. The van der Waals surface area contributed by atoms with Crippen LogP contribution in [0.15, 0.2) is 0 Å². The number of morpholine rings is 2. The second kappa shape index (κ2) is 6.37. The van der Waals surface area contributed by atoms with E-state index in [0.29, 0.717) is 31.2 Å². The van der Waals surface area contributed by atoms with Crippen molar-refractivity contribution < 1.29 is 9.47 Å². The molecule has 0 N–H and O–H groups in total. The first-order valence-corrected chi connectivity index (χ1v) is 8.72. The van der Waals surface area contributed by atoms with E-state index >= 15 is 0 Å². The maximum Gasteiger partial charge on any atom is 0.231 e. The van der Waals surface area contributed by atoms with Crippen molar-refractivity contribution in [1.82, 2.24) is 15.0 Å². The third-order valence-corrected chi connectivity index (χ3v) is 5.06. The van der Waals surface area contributed by atoms with Gasteiger partial charge < -0.3 is 19.3 Å². The number of ether oxygens (including phenoxy) is 2. The molecule has 1 aromatic rings. The van der Waals surface area contributed by atoms with Gasteiger partial charge in [0.05, 0.1) is 38.0 Å². The van der Waals surface area contributed by atoms with Crippen LogP contribution in [-0.4, -0.2) is 66.0 Å². The Kier molecular flexibility index (Phi) is 4.26. The number of halogens is 1. The summed E-state index contributed by atoms with van der Waals surface area (Å²) in [5.41, 5.74) is 0. The van der Waals surface area contributed by atoms with Gasteiger partial charge in [0.2, 0.25) is 17.2 Å². The molecular formula is C15H22ClN5O2. The molecule has 0 amide bonds. The number of anilines is 2. The average molecular weight is 340 g/mol. The maximum atomic E-state index is 6.20. The molecule has 0 spiro atoms. The summed E-state index contributed by atoms with van der Waals surface area (Å²) in [5.74, 6) is 1.33. The molecule has 5 rings (SSSR count). The van der Waals surface area contributed by atoms with Crippen molar-refractivity contribution in [2.75, 3.05) is 42.7 Å².